The maximum Gasteiger partial charge on any atom is 0.123 e. The summed E-state index contributed by atoms with van der Waals surface area (Å²) in [6, 6.07) is 0. The Balaban J connectivity index is 2.07. The first-order valence-electron chi connectivity index (χ1n) is 5.70. The number of carbonyl (C=O) groups excluding carboxylic acids is 1. The van der Waals surface area contributed by atoms with Crippen LogP contribution in [0.25, 0.3) is 0 Å². The molecule has 0 heterocycles. The van der Waals surface area contributed by atoms with E-state index in [1.807, 2.05) is 0 Å². The van der Waals surface area contributed by atoms with Gasteiger partial charge in [0.05, 0.1) is 0 Å². The molecule has 3 atom stereocenters. The molecule has 2 fully saturated rings. The lowest BCUT2D eigenvalue weighted by Crippen LogP contribution is -2.37. The van der Waals surface area contributed by atoms with Crippen LogP contribution in [-0.2, 0) is 4.79 Å². The van der Waals surface area contributed by atoms with Gasteiger partial charge in [-0.2, -0.15) is 0 Å². The SMILES string of the molecule is C[C@]12CCCC[C@@H]1CC[C@@H](C=O)C2. The van der Waals surface area contributed by atoms with Gasteiger partial charge in [0.15, 0.2) is 0 Å². The molecule has 2 saturated carbocycles. The highest BCUT2D eigenvalue weighted by atomic mass is 16.1. The lowest BCUT2D eigenvalue weighted by Gasteiger charge is -2.47. The van der Waals surface area contributed by atoms with Crippen LogP contribution >= 0.6 is 0 Å². The summed E-state index contributed by atoms with van der Waals surface area (Å²) in [5, 5.41) is 0. The Labute approximate surface area is 80.9 Å². The Kier molecular flexibility index (Phi) is 2.44. The maximum absolute atomic E-state index is 10.8. The molecule has 13 heavy (non-hydrogen) atoms. The minimum absolute atomic E-state index is 0.374. The molecule has 0 aromatic heterocycles. The fraction of sp³-hybridized carbons (Fsp3) is 0.917. The summed E-state index contributed by atoms with van der Waals surface area (Å²) in [7, 11) is 0. The third-order valence-corrected chi connectivity index (χ3v) is 4.34. The van der Waals surface area contributed by atoms with Crippen molar-refractivity contribution in [3.05, 3.63) is 0 Å². The quantitative estimate of drug-likeness (QED) is 0.566. The Morgan fingerprint density at radius 1 is 1.23 bits per heavy atom. The Morgan fingerprint density at radius 3 is 2.85 bits per heavy atom. The highest BCUT2D eigenvalue weighted by molar-refractivity contribution is 5.53. The van der Waals surface area contributed by atoms with Crippen molar-refractivity contribution < 1.29 is 4.79 Å². The van der Waals surface area contributed by atoms with Crippen LogP contribution in [0.3, 0.4) is 0 Å². The number of fused-ring (bicyclic) bond motifs is 1. The van der Waals surface area contributed by atoms with Crippen molar-refractivity contribution >= 4 is 6.29 Å². The van der Waals surface area contributed by atoms with Crippen LogP contribution in [0.15, 0.2) is 0 Å². The number of rotatable bonds is 1. The predicted molar refractivity (Wildman–Crippen MR) is 53.5 cm³/mol. The van der Waals surface area contributed by atoms with Gasteiger partial charge in [-0.25, -0.2) is 0 Å². The summed E-state index contributed by atoms with van der Waals surface area (Å²) in [6.07, 6.45) is 10.4. The zero-order valence-electron chi connectivity index (χ0n) is 8.59. The van der Waals surface area contributed by atoms with E-state index in [0.717, 1.165) is 12.3 Å². The molecule has 1 nitrogen and oxygen atoms in total. The maximum atomic E-state index is 10.8. The zero-order valence-corrected chi connectivity index (χ0v) is 8.59. The number of carbonyl (C=O) groups is 1. The van der Waals surface area contributed by atoms with Crippen molar-refractivity contribution in [3.8, 4) is 0 Å². The lowest BCUT2D eigenvalue weighted by atomic mass is 9.58. The molecular weight excluding hydrogens is 160 g/mol. The van der Waals surface area contributed by atoms with Crippen LogP contribution < -0.4 is 0 Å². The van der Waals surface area contributed by atoms with Crippen molar-refractivity contribution in [1.29, 1.82) is 0 Å². The van der Waals surface area contributed by atoms with Gasteiger partial charge in [-0.15, -0.1) is 0 Å². The van der Waals surface area contributed by atoms with Crippen molar-refractivity contribution in [3.63, 3.8) is 0 Å². The van der Waals surface area contributed by atoms with E-state index in [0.29, 0.717) is 11.3 Å². The Bertz CT molecular complexity index is 199. The van der Waals surface area contributed by atoms with E-state index in [4.69, 9.17) is 0 Å². The van der Waals surface area contributed by atoms with E-state index in [1.54, 1.807) is 0 Å². The molecule has 2 rings (SSSR count). The van der Waals surface area contributed by atoms with E-state index in [-0.39, 0.29) is 0 Å². The highest BCUT2D eigenvalue weighted by Gasteiger charge is 2.41. The monoisotopic (exact) mass is 180 g/mol. The number of hydrogen-bond donors (Lipinski definition) is 0. The first-order chi connectivity index (χ1) is 6.24. The standard InChI is InChI=1S/C12H20O/c1-12-7-3-2-4-11(12)6-5-10(8-12)9-13/h9-11H,2-8H2,1H3/t10-,11-,12-/m1/s1. The summed E-state index contributed by atoms with van der Waals surface area (Å²) >= 11 is 0. The van der Waals surface area contributed by atoms with Gasteiger partial charge in [0, 0.05) is 5.92 Å². The molecule has 74 valence electrons. The second-order valence-corrected chi connectivity index (χ2v) is 5.27. The largest absolute Gasteiger partial charge is 0.303 e. The molecule has 0 bridgehead atoms. The lowest BCUT2D eigenvalue weighted by molar-refractivity contribution is -0.114. The second-order valence-electron chi connectivity index (χ2n) is 5.27. The molecule has 0 unspecified atom stereocenters. The van der Waals surface area contributed by atoms with E-state index < -0.39 is 0 Å². The van der Waals surface area contributed by atoms with Gasteiger partial charge in [-0.1, -0.05) is 19.8 Å². The van der Waals surface area contributed by atoms with Crippen LogP contribution in [0.4, 0.5) is 0 Å². The van der Waals surface area contributed by atoms with E-state index in [2.05, 4.69) is 6.92 Å². The van der Waals surface area contributed by atoms with Gasteiger partial charge in [0.2, 0.25) is 0 Å². The van der Waals surface area contributed by atoms with Gasteiger partial charge < -0.3 is 4.79 Å². The normalized spacial score (nSPS) is 45.3. The molecule has 1 heteroatoms. The van der Waals surface area contributed by atoms with Crippen LogP contribution in [0.5, 0.6) is 0 Å². The minimum atomic E-state index is 0.374. The molecule has 0 saturated heterocycles. The fourth-order valence-corrected chi connectivity index (χ4v) is 3.47. The highest BCUT2D eigenvalue weighted by Crippen LogP contribution is 2.51. The van der Waals surface area contributed by atoms with Gasteiger partial charge in [0.25, 0.3) is 0 Å². The summed E-state index contributed by atoms with van der Waals surface area (Å²) in [5.74, 6) is 1.30. The molecule has 0 aliphatic heterocycles. The third-order valence-electron chi connectivity index (χ3n) is 4.34. The first kappa shape index (κ1) is 9.23. The van der Waals surface area contributed by atoms with Crippen LogP contribution in [-0.4, -0.2) is 6.29 Å². The zero-order chi connectivity index (χ0) is 9.31. The van der Waals surface area contributed by atoms with Crippen LogP contribution in [0.1, 0.15) is 51.9 Å². The Hall–Kier alpha value is -0.330. The van der Waals surface area contributed by atoms with Crippen molar-refractivity contribution in [2.45, 2.75) is 51.9 Å². The fourth-order valence-electron chi connectivity index (χ4n) is 3.47. The molecule has 2 aliphatic carbocycles. The van der Waals surface area contributed by atoms with E-state index >= 15 is 0 Å². The molecule has 0 aromatic carbocycles. The summed E-state index contributed by atoms with van der Waals surface area (Å²) in [5.41, 5.74) is 0.516. The Morgan fingerprint density at radius 2 is 2.08 bits per heavy atom. The summed E-state index contributed by atoms with van der Waals surface area (Å²) in [4.78, 5) is 10.8. The van der Waals surface area contributed by atoms with E-state index in [9.17, 15) is 4.79 Å². The molecule has 0 spiro atoms. The summed E-state index contributed by atoms with van der Waals surface area (Å²) in [6.45, 7) is 2.41. The smallest absolute Gasteiger partial charge is 0.123 e. The van der Waals surface area contributed by atoms with Gasteiger partial charge in [0.1, 0.15) is 6.29 Å². The van der Waals surface area contributed by atoms with E-state index in [1.165, 1.54) is 44.8 Å². The average Bonchev–Trinajstić information content (AvgIpc) is 2.16. The molecule has 0 aromatic rings. The second kappa shape index (κ2) is 3.43. The average molecular weight is 180 g/mol. The molecule has 0 amide bonds. The van der Waals surface area contributed by atoms with Crippen LogP contribution in [0.2, 0.25) is 0 Å². The van der Waals surface area contributed by atoms with Crippen molar-refractivity contribution in [2.75, 3.05) is 0 Å². The summed E-state index contributed by atoms with van der Waals surface area (Å²) < 4.78 is 0. The topological polar surface area (TPSA) is 17.1 Å². The van der Waals surface area contributed by atoms with Crippen molar-refractivity contribution in [1.82, 2.24) is 0 Å². The molecule has 0 N–H and O–H groups in total. The minimum Gasteiger partial charge on any atom is -0.303 e. The predicted octanol–water partition coefficient (Wildman–Crippen LogP) is 3.18. The number of aldehydes is 1. The first-order valence-corrected chi connectivity index (χ1v) is 5.70. The van der Waals surface area contributed by atoms with Crippen molar-refractivity contribution in [2.24, 2.45) is 17.3 Å². The molecule has 2 aliphatic rings. The third kappa shape index (κ3) is 1.66. The van der Waals surface area contributed by atoms with Crippen LogP contribution in [0, 0.1) is 17.3 Å². The number of hydrogen-bond acceptors (Lipinski definition) is 1. The van der Waals surface area contributed by atoms with Gasteiger partial charge >= 0.3 is 0 Å². The van der Waals surface area contributed by atoms with Gasteiger partial charge in [-0.05, 0) is 43.4 Å². The molecular formula is C12H20O. The molecule has 0 radical (unpaired) electrons. The van der Waals surface area contributed by atoms with Gasteiger partial charge in [-0.3, -0.25) is 0 Å².